The van der Waals surface area contributed by atoms with Crippen LogP contribution < -0.4 is 4.74 Å². The van der Waals surface area contributed by atoms with E-state index >= 15 is 0 Å². The lowest BCUT2D eigenvalue weighted by atomic mass is 9.90. The van der Waals surface area contributed by atoms with E-state index in [9.17, 15) is 20.4 Å². The van der Waals surface area contributed by atoms with Gasteiger partial charge in [-0.25, -0.2) is 0 Å². The van der Waals surface area contributed by atoms with Crippen LogP contribution in [-0.2, 0) is 11.1 Å². The molecule has 2 aromatic carbocycles. The molecule has 7 heteroatoms. The summed E-state index contributed by atoms with van der Waals surface area (Å²) in [6.07, 6.45) is -8.56. The van der Waals surface area contributed by atoms with Crippen molar-refractivity contribution in [2.45, 2.75) is 43.8 Å². The molecule has 4 N–H and O–H groups in total. The van der Waals surface area contributed by atoms with Gasteiger partial charge in [-0.2, -0.15) is 0 Å². The molecule has 1 saturated heterocycles. The molecule has 1 heterocycles. The molecule has 0 saturated carbocycles. The van der Waals surface area contributed by atoms with Crippen LogP contribution in [0.2, 0.25) is 5.02 Å². The van der Waals surface area contributed by atoms with E-state index in [-0.39, 0.29) is 10.6 Å². The summed E-state index contributed by atoms with van der Waals surface area (Å²) < 4.78 is 28.3. The average Bonchev–Trinajstić information content (AvgIpc) is 2.73. The number of rotatable bonds is 6. The molecule has 0 spiro atoms. The van der Waals surface area contributed by atoms with Crippen LogP contribution in [0.25, 0.3) is 0 Å². The lowest BCUT2D eigenvalue weighted by Gasteiger charge is -2.40. The third-order valence-electron chi connectivity index (χ3n) is 4.66. The Morgan fingerprint density at radius 2 is 1.79 bits per heavy atom. The van der Waals surface area contributed by atoms with E-state index < -0.39 is 43.5 Å². The Balaban J connectivity index is 1.96. The Bertz CT molecular complexity index is 861. The summed E-state index contributed by atoms with van der Waals surface area (Å²) in [5.41, 5.74) is 0.878. The fraction of sp³-hybridized carbons (Fsp3) is 0.429. The van der Waals surface area contributed by atoms with Crippen LogP contribution in [-0.4, -0.2) is 58.1 Å². The largest absolute Gasteiger partial charge is 0.494 e. The number of aliphatic hydroxyl groups is 4. The number of aliphatic hydroxyl groups excluding tert-OH is 4. The summed E-state index contributed by atoms with van der Waals surface area (Å²) in [7, 11) is 0. The second-order valence-electron chi connectivity index (χ2n) is 6.57. The SMILES string of the molecule is [2H]C([2H])(c1ccc(OCC)cc1)c1cc([C@@H]2O[C@H](CO)[C@@H](O)[C@H](O)[C@H]2O)ccc1Cl. The second kappa shape index (κ2) is 9.22. The average molecular weight is 411 g/mol. The molecule has 5 atom stereocenters. The molecule has 0 unspecified atom stereocenters. The predicted octanol–water partition coefficient (Wildman–Crippen LogP) is 1.84. The number of benzene rings is 2. The van der Waals surface area contributed by atoms with Gasteiger partial charge in [0.25, 0.3) is 0 Å². The zero-order valence-electron chi connectivity index (χ0n) is 17.3. The third-order valence-corrected chi connectivity index (χ3v) is 4.99. The number of ether oxygens (including phenoxy) is 2. The highest BCUT2D eigenvalue weighted by molar-refractivity contribution is 6.31. The summed E-state index contributed by atoms with van der Waals surface area (Å²) in [4.78, 5) is 0. The maximum Gasteiger partial charge on any atom is 0.119 e. The summed E-state index contributed by atoms with van der Waals surface area (Å²) in [6, 6.07) is 11.1. The minimum atomic E-state index is -1.97. The first-order chi connectivity index (χ1) is 14.2. The Labute approximate surface area is 171 Å². The molecule has 1 aliphatic heterocycles. The van der Waals surface area contributed by atoms with E-state index in [1.54, 1.807) is 30.3 Å². The van der Waals surface area contributed by atoms with E-state index in [1.165, 1.54) is 12.1 Å². The van der Waals surface area contributed by atoms with E-state index in [1.807, 2.05) is 6.92 Å². The van der Waals surface area contributed by atoms with Crippen molar-refractivity contribution in [3.05, 3.63) is 64.2 Å². The molecule has 1 aliphatic rings. The van der Waals surface area contributed by atoms with E-state index in [0.717, 1.165) is 0 Å². The topological polar surface area (TPSA) is 99.4 Å². The van der Waals surface area contributed by atoms with Crippen molar-refractivity contribution >= 4 is 11.6 Å². The van der Waals surface area contributed by atoms with Gasteiger partial charge in [0.2, 0.25) is 0 Å². The van der Waals surface area contributed by atoms with Gasteiger partial charge in [-0.15, -0.1) is 0 Å². The van der Waals surface area contributed by atoms with Gasteiger partial charge >= 0.3 is 0 Å². The lowest BCUT2D eigenvalue weighted by Crippen LogP contribution is -2.55. The molecule has 3 rings (SSSR count). The van der Waals surface area contributed by atoms with Crippen LogP contribution in [0.1, 0.15) is 32.5 Å². The van der Waals surface area contributed by atoms with Crippen molar-refractivity contribution in [3.63, 3.8) is 0 Å². The highest BCUT2D eigenvalue weighted by Crippen LogP contribution is 2.34. The molecule has 0 aromatic heterocycles. The van der Waals surface area contributed by atoms with Crippen LogP contribution >= 0.6 is 11.6 Å². The Morgan fingerprint density at radius 3 is 2.43 bits per heavy atom. The van der Waals surface area contributed by atoms with Gasteiger partial charge in [-0.3, -0.25) is 0 Å². The molecule has 0 bridgehead atoms. The maximum atomic E-state index is 10.4. The number of halogens is 1. The third kappa shape index (κ3) is 4.49. The van der Waals surface area contributed by atoms with Crippen molar-refractivity contribution in [2.24, 2.45) is 0 Å². The normalized spacial score (nSPS) is 29.1. The summed E-state index contributed by atoms with van der Waals surface area (Å²) in [5.74, 6) is 0.623. The molecule has 152 valence electrons. The van der Waals surface area contributed by atoms with Gasteiger partial charge in [0, 0.05) is 7.76 Å². The number of hydrogen-bond donors (Lipinski definition) is 4. The van der Waals surface area contributed by atoms with Crippen molar-refractivity contribution in [1.29, 1.82) is 0 Å². The molecule has 1 fully saturated rings. The maximum absolute atomic E-state index is 10.4. The van der Waals surface area contributed by atoms with Crippen LogP contribution in [0.3, 0.4) is 0 Å². The van der Waals surface area contributed by atoms with Crippen LogP contribution in [0.4, 0.5) is 0 Å². The molecule has 0 radical (unpaired) electrons. The molecule has 0 amide bonds. The molecule has 6 nitrogen and oxygen atoms in total. The van der Waals surface area contributed by atoms with Gasteiger partial charge < -0.3 is 29.9 Å². The van der Waals surface area contributed by atoms with E-state index in [4.69, 9.17) is 23.8 Å². The minimum absolute atomic E-state index is 0.155. The van der Waals surface area contributed by atoms with Crippen molar-refractivity contribution in [1.82, 2.24) is 0 Å². The summed E-state index contributed by atoms with van der Waals surface area (Å²) in [5, 5.41) is 40.0. The van der Waals surface area contributed by atoms with Crippen molar-refractivity contribution in [2.75, 3.05) is 13.2 Å². The molecular weight excluding hydrogens is 384 g/mol. The van der Waals surface area contributed by atoms with Crippen molar-refractivity contribution < 1.29 is 32.6 Å². The van der Waals surface area contributed by atoms with Crippen molar-refractivity contribution in [3.8, 4) is 5.75 Å². The van der Waals surface area contributed by atoms with Crippen LogP contribution in [0.15, 0.2) is 42.5 Å². The fourth-order valence-corrected chi connectivity index (χ4v) is 3.31. The zero-order valence-corrected chi connectivity index (χ0v) is 16.1. The Morgan fingerprint density at radius 1 is 1.07 bits per heavy atom. The zero-order chi connectivity index (χ0) is 22.1. The van der Waals surface area contributed by atoms with Gasteiger partial charge in [-0.05, 0) is 48.2 Å². The predicted molar refractivity (Wildman–Crippen MR) is 105 cm³/mol. The fourth-order valence-electron chi connectivity index (χ4n) is 3.15. The van der Waals surface area contributed by atoms with Gasteiger partial charge in [0.1, 0.15) is 36.3 Å². The minimum Gasteiger partial charge on any atom is -0.494 e. The number of hydrogen-bond acceptors (Lipinski definition) is 6. The van der Waals surface area contributed by atoms with E-state index in [2.05, 4.69) is 0 Å². The molecule has 0 aliphatic carbocycles. The standard InChI is InChI=1S/C21H25ClO6/c1-2-27-15-6-3-12(4-7-15)9-14-10-13(5-8-16(14)22)21-20(26)19(25)18(24)17(11-23)28-21/h3-8,10,17-21,23-26H,2,9,11H2,1H3/t17-,18-,19+,20-,21+/m1/s1/i9D2. The molecular formula is C21H25ClO6. The second-order valence-corrected chi connectivity index (χ2v) is 6.98. The van der Waals surface area contributed by atoms with Crippen LogP contribution in [0, 0.1) is 0 Å². The highest BCUT2D eigenvalue weighted by Gasteiger charge is 2.43. The smallest absolute Gasteiger partial charge is 0.119 e. The molecule has 28 heavy (non-hydrogen) atoms. The molecule has 2 aromatic rings. The summed E-state index contributed by atoms with van der Waals surface area (Å²) in [6.45, 7) is 1.81. The first-order valence-electron chi connectivity index (χ1n) is 10.0. The lowest BCUT2D eigenvalue weighted by molar-refractivity contribution is -0.231. The summed E-state index contributed by atoms with van der Waals surface area (Å²) >= 11 is 6.30. The van der Waals surface area contributed by atoms with Gasteiger partial charge in [-0.1, -0.05) is 35.9 Å². The van der Waals surface area contributed by atoms with E-state index in [0.29, 0.717) is 23.5 Å². The first kappa shape index (κ1) is 18.4. The highest BCUT2D eigenvalue weighted by atomic mass is 35.5. The first-order valence-corrected chi connectivity index (χ1v) is 9.42. The van der Waals surface area contributed by atoms with Gasteiger partial charge in [0.05, 0.1) is 13.2 Å². The van der Waals surface area contributed by atoms with Gasteiger partial charge in [0.15, 0.2) is 0 Å². The quantitative estimate of drug-likeness (QED) is 0.580. The van der Waals surface area contributed by atoms with Crippen LogP contribution in [0.5, 0.6) is 5.75 Å². The Hall–Kier alpha value is -1.67. The monoisotopic (exact) mass is 410 g/mol. The Kier molecular flexibility index (Phi) is 6.05.